The number of carbonyl (C=O) groups is 1. The normalized spacial score (nSPS) is 11.6. The van der Waals surface area contributed by atoms with Crippen LogP contribution in [0.3, 0.4) is 0 Å². The number of hydrogen-bond donors (Lipinski definition) is 2. The second kappa shape index (κ2) is 8.93. The van der Waals surface area contributed by atoms with Crippen molar-refractivity contribution in [3.05, 3.63) is 65.7 Å². The Bertz CT molecular complexity index is 629. The summed E-state index contributed by atoms with van der Waals surface area (Å²) in [4.78, 5) is 13.8. The molecule has 0 saturated carbocycles. The molecule has 0 spiro atoms. The van der Waals surface area contributed by atoms with E-state index in [1.807, 2.05) is 61.5 Å². The Hall–Kier alpha value is -2.53. The lowest BCUT2D eigenvalue weighted by atomic mass is 9.99. The van der Waals surface area contributed by atoms with E-state index < -0.39 is 0 Å². The van der Waals surface area contributed by atoms with Gasteiger partial charge in [-0.05, 0) is 30.2 Å². The van der Waals surface area contributed by atoms with Crippen LogP contribution in [0.1, 0.15) is 24.1 Å². The van der Waals surface area contributed by atoms with Crippen LogP contribution in [0, 0.1) is 0 Å². The standard InChI is InChI=1S/C19H24N2O3/c1-3-24-17-11-9-16(10-12-17)18(15-7-5-4-6-8-15)20-19(23)21(2)13-14-22/h4-12,18,22H,3,13-14H2,1-2H3,(H,20,23). The quantitative estimate of drug-likeness (QED) is 0.821. The zero-order valence-corrected chi connectivity index (χ0v) is 14.1. The van der Waals surface area contributed by atoms with Crippen molar-refractivity contribution in [3.8, 4) is 5.75 Å². The van der Waals surface area contributed by atoms with E-state index in [4.69, 9.17) is 9.84 Å². The summed E-state index contributed by atoms with van der Waals surface area (Å²) >= 11 is 0. The molecule has 5 nitrogen and oxygen atoms in total. The maximum atomic E-state index is 12.3. The molecule has 2 N–H and O–H groups in total. The Morgan fingerprint density at radius 1 is 1.12 bits per heavy atom. The number of aliphatic hydroxyl groups excluding tert-OH is 1. The average Bonchev–Trinajstić information content (AvgIpc) is 2.61. The largest absolute Gasteiger partial charge is 0.494 e. The molecule has 0 bridgehead atoms. The lowest BCUT2D eigenvalue weighted by molar-refractivity contribution is 0.188. The van der Waals surface area contributed by atoms with E-state index in [0.29, 0.717) is 6.61 Å². The molecule has 0 radical (unpaired) electrons. The molecule has 24 heavy (non-hydrogen) atoms. The molecule has 0 heterocycles. The molecule has 2 rings (SSSR count). The van der Waals surface area contributed by atoms with Crippen molar-refractivity contribution in [2.75, 3.05) is 26.8 Å². The number of hydrogen-bond acceptors (Lipinski definition) is 3. The van der Waals surface area contributed by atoms with Crippen molar-refractivity contribution < 1.29 is 14.6 Å². The van der Waals surface area contributed by atoms with Crippen molar-refractivity contribution in [1.82, 2.24) is 10.2 Å². The Morgan fingerprint density at radius 3 is 2.33 bits per heavy atom. The molecule has 5 heteroatoms. The van der Waals surface area contributed by atoms with Crippen LogP contribution in [0.4, 0.5) is 4.79 Å². The maximum Gasteiger partial charge on any atom is 0.317 e. The molecular formula is C19H24N2O3. The highest BCUT2D eigenvalue weighted by Gasteiger charge is 2.18. The fourth-order valence-corrected chi connectivity index (χ4v) is 2.41. The predicted molar refractivity (Wildman–Crippen MR) is 94.1 cm³/mol. The van der Waals surface area contributed by atoms with Gasteiger partial charge in [-0.15, -0.1) is 0 Å². The van der Waals surface area contributed by atoms with Crippen molar-refractivity contribution >= 4 is 6.03 Å². The lowest BCUT2D eigenvalue weighted by Gasteiger charge is -2.24. The van der Waals surface area contributed by atoms with Gasteiger partial charge < -0.3 is 20.1 Å². The zero-order valence-electron chi connectivity index (χ0n) is 14.1. The maximum absolute atomic E-state index is 12.3. The highest BCUT2D eigenvalue weighted by atomic mass is 16.5. The third-order valence-electron chi connectivity index (χ3n) is 3.71. The van der Waals surface area contributed by atoms with Gasteiger partial charge in [-0.1, -0.05) is 42.5 Å². The summed E-state index contributed by atoms with van der Waals surface area (Å²) in [5, 5.41) is 12.0. The minimum absolute atomic E-state index is 0.0665. The van der Waals surface area contributed by atoms with E-state index in [0.717, 1.165) is 16.9 Å². The Kier molecular flexibility index (Phi) is 6.63. The summed E-state index contributed by atoms with van der Waals surface area (Å²) in [6, 6.07) is 17.0. The first-order valence-electron chi connectivity index (χ1n) is 8.06. The minimum atomic E-state index is -0.268. The van der Waals surface area contributed by atoms with Gasteiger partial charge in [-0.25, -0.2) is 4.79 Å². The number of benzene rings is 2. The van der Waals surface area contributed by atoms with Crippen LogP contribution >= 0.6 is 0 Å². The van der Waals surface area contributed by atoms with E-state index in [2.05, 4.69) is 5.32 Å². The third kappa shape index (κ3) is 4.73. The number of amides is 2. The molecule has 0 saturated heterocycles. The highest BCUT2D eigenvalue weighted by molar-refractivity contribution is 5.75. The fourth-order valence-electron chi connectivity index (χ4n) is 2.41. The van der Waals surface area contributed by atoms with Crippen LogP contribution in [0.25, 0.3) is 0 Å². The van der Waals surface area contributed by atoms with Crippen molar-refractivity contribution in [1.29, 1.82) is 0 Å². The molecule has 2 aromatic rings. The summed E-state index contributed by atoms with van der Waals surface area (Å²) in [7, 11) is 1.66. The monoisotopic (exact) mass is 328 g/mol. The van der Waals surface area contributed by atoms with Gasteiger partial charge in [0.25, 0.3) is 0 Å². The van der Waals surface area contributed by atoms with Crippen molar-refractivity contribution in [2.45, 2.75) is 13.0 Å². The highest BCUT2D eigenvalue weighted by Crippen LogP contribution is 2.24. The van der Waals surface area contributed by atoms with E-state index in [-0.39, 0.29) is 25.2 Å². The Morgan fingerprint density at radius 2 is 1.75 bits per heavy atom. The summed E-state index contributed by atoms with van der Waals surface area (Å²) in [6.07, 6.45) is 0. The van der Waals surface area contributed by atoms with Crippen LogP contribution < -0.4 is 10.1 Å². The third-order valence-corrected chi connectivity index (χ3v) is 3.71. The fraction of sp³-hybridized carbons (Fsp3) is 0.316. The molecule has 0 aliphatic carbocycles. The SMILES string of the molecule is CCOc1ccc(C(NC(=O)N(C)CCO)c2ccccc2)cc1. The van der Waals surface area contributed by atoms with Crippen LogP contribution in [0.5, 0.6) is 5.75 Å². The molecule has 0 fully saturated rings. The molecule has 0 aromatic heterocycles. The van der Waals surface area contributed by atoms with Crippen LogP contribution in [-0.4, -0.2) is 42.8 Å². The van der Waals surface area contributed by atoms with Gasteiger partial charge in [0.15, 0.2) is 0 Å². The van der Waals surface area contributed by atoms with Crippen LogP contribution in [0.2, 0.25) is 0 Å². The van der Waals surface area contributed by atoms with E-state index in [1.165, 1.54) is 4.90 Å². The smallest absolute Gasteiger partial charge is 0.317 e. The van der Waals surface area contributed by atoms with E-state index in [9.17, 15) is 4.79 Å². The number of aliphatic hydroxyl groups is 1. The topological polar surface area (TPSA) is 61.8 Å². The molecule has 128 valence electrons. The van der Waals surface area contributed by atoms with Crippen molar-refractivity contribution in [2.24, 2.45) is 0 Å². The van der Waals surface area contributed by atoms with E-state index >= 15 is 0 Å². The first kappa shape index (κ1) is 17.8. The number of urea groups is 1. The molecule has 2 aromatic carbocycles. The predicted octanol–water partition coefficient (Wildman–Crippen LogP) is 2.81. The molecule has 0 aliphatic rings. The average molecular weight is 328 g/mol. The van der Waals surface area contributed by atoms with Gasteiger partial charge in [0.05, 0.1) is 19.3 Å². The second-order valence-corrected chi connectivity index (χ2v) is 5.44. The summed E-state index contributed by atoms with van der Waals surface area (Å²) < 4.78 is 5.47. The lowest BCUT2D eigenvalue weighted by Crippen LogP contribution is -2.40. The Balaban J connectivity index is 2.24. The Labute approximate surface area is 142 Å². The van der Waals surface area contributed by atoms with Gasteiger partial charge in [0.2, 0.25) is 0 Å². The number of ether oxygens (including phenoxy) is 1. The molecule has 2 amide bonds. The molecule has 1 unspecified atom stereocenters. The van der Waals surface area contributed by atoms with Gasteiger partial charge in [0, 0.05) is 13.6 Å². The summed E-state index contributed by atoms with van der Waals surface area (Å²) in [6.45, 7) is 2.78. The van der Waals surface area contributed by atoms with Gasteiger partial charge >= 0.3 is 6.03 Å². The van der Waals surface area contributed by atoms with E-state index in [1.54, 1.807) is 7.05 Å². The first-order chi connectivity index (χ1) is 11.7. The number of rotatable bonds is 7. The van der Waals surface area contributed by atoms with Gasteiger partial charge in [-0.3, -0.25) is 0 Å². The van der Waals surface area contributed by atoms with Crippen LogP contribution in [-0.2, 0) is 0 Å². The van der Waals surface area contributed by atoms with Gasteiger partial charge in [-0.2, -0.15) is 0 Å². The number of nitrogens with zero attached hydrogens (tertiary/aromatic N) is 1. The second-order valence-electron chi connectivity index (χ2n) is 5.44. The number of nitrogens with one attached hydrogen (secondary N) is 1. The number of likely N-dealkylation sites (N-methyl/N-ethyl adjacent to an activating group) is 1. The molecule has 0 aliphatic heterocycles. The van der Waals surface area contributed by atoms with Crippen molar-refractivity contribution in [3.63, 3.8) is 0 Å². The summed E-state index contributed by atoms with van der Waals surface area (Å²) in [5.41, 5.74) is 1.96. The molecular weight excluding hydrogens is 304 g/mol. The molecule has 1 atom stereocenters. The first-order valence-corrected chi connectivity index (χ1v) is 8.06. The minimum Gasteiger partial charge on any atom is -0.494 e. The number of carbonyl (C=O) groups excluding carboxylic acids is 1. The summed E-state index contributed by atoms with van der Waals surface area (Å²) in [5.74, 6) is 0.803. The van der Waals surface area contributed by atoms with Crippen LogP contribution in [0.15, 0.2) is 54.6 Å². The zero-order chi connectivity index (χ0) is 17.4. The van der Waals surface area contributed by atoms with Gasteiger partial charge in [0.1, 0.15) is 5.75 Å².